The molecular formula is C30H33N5O6. The summed E-state index contributed by atoms with van der Waals surface area (Å²) in [5.41, 5.74) is 2.60. The molecule has 3 N–H and O–H groups in total. The number of ether oxygens (including phenoxy) is 2. The average molecular weight is 560 g/mol. The molecule has 0 atom stereocenters. The first kappa shape index (κ1) is 29.2. The molecule has 4 rings (SSSR count). The molecule has 11 heteroatoms. The quantitative estimate of drug-likeness (QED) is 0.313. The Balaban J connectivity index is 1.54. The Morgan fingerprint density at radius 2 is 1.88 bits per heavy atom. The van der Waals surface area contributed by atoms with Gasteiger partial charge in [-0.15, -0.1) is 0 Å². The van der Waals surface area contributed by atoms with Crippen LogP contribution in [0.3, 0.4) is 0 Å². The molecule has 1 aliphatic heterocycles. The summed E-state index contributed by atoms with van der Waals surface area (Å²) < 4.78 is 11.6. The third-order valence-corrected chi connectivity index (χ3v) is 6.52. The molecule has 0 unspecified atom stereocenters. The smallest absolute Gasteiger partial charge is 0.307 e. The molecule has 1 aromatic carbocycles. The van der Waals surface area contributed by atoms with Crippen molar-refractivity contribution in [3.63, 3.8) is 0 Å². The molecular weight excluding hydrogens is 526 g/mol. The molecule has 0 saturated carbocycles. The number of aliphatic carboxylic acids is 1. The molecule has 3 aromatic rings. The molecule has 0 fully saturated rings. The zero-order valence-corrected chi connectivity index (χ0v) is 23.7. The van der Waals surface area contributed by atoms with Gasteiger partial charge in [0.15, 0.2) is 17.2 Å². The number of carbonyl (C=O) groups is 3. The van der Waals surface area contributed by atoms with Crippen LogP contribution in [0.5, 0.6) is 17.4 Å². The number of nitrogens with one attached hydrogen (secondary N) is 2. The molecule has 0 saturated heterocycles. The maximum atomic E-state index is 13.4. The maximum Gasteiger partial charge on any atom is 0.307 e. The lowest BCUT2D eigenvalue weighted by Crippen LogP contribution is -2.31. The van der Waals surface area contributed by atoms with Crippen LogP contribution in [0, 0.1) is 5.41 Å². The number of benzene rings is 1. The van der Waals surface area contributed by atoms with E-state index in [4.69, 9.17) is 20.0 Å². The van der Waals surface area contributed by atoms with Gasteiger partial charge in [0.2, 0.25) is 5.88 Å². The Morgan fingerprint density at radius 1 is 1.12 bits per heavy atom. The molecule has 11 nitrogen and oxygen atoms in total. The molecule has 1 amide bonds. The fourth-order valence-electron chi connectivity index (χ4n) is 4.48. The Hall–Kier alpha value is -4.80. The average Bonchev–Trinajstić information content (AvgIpc) is 3.22. The molecule has 0 aliphatic carbocycles. The summed E-state index contributed by atoms with van der Waals surface area (Å²) in [6.07, 6.45) is 1.33. The van der Waals surface area contributed by atoms with E-state index in [2.05, 4.69) is 15.3 Å². The highest BCUT2D eigenvalue weighted by Crippen LogP contribution is 2.35. The van der Waals surface area contributed by atoms with E-state index in [0.29, 0.717) is 46.4 Å². The van der Waals surface area contributed by atoms with Gasteiger partial charge in [0.25, 0.3) is 5.91 Å². The minimum atomic E-state index is -0.941. The minimum Gasteiger partial charge on any atom is -0.491 e. The zero-order valence-electron chi connectivity index (χ0n) is 23.7. The van der Waals surface area contributed by atoms with Gasteiger partial charge in [-0.05, 0) is 42.2 Å². The number of carboxylic acids is 1. The number of pyridine rings is 2. The summed E-state index contributed by atoms with van der Waals surface area (Å²) in [5, 5.41) is 20.2. The van der Waals surface area contributed by atoms with Crippen LogP contribution in [-0.2, 0) is 23.2 Å². The monoisotopic (exact) mass is 559 g/mol. The van der Waals surface area contributed by atoms with Gasteiger partial charge in [0.1, 0.15) is 17.3 Å². The van der Waals surface area contributed by atoms with Gasteiger partial charge >= 0.3 is 5.97 Å². The highest BCUT2D eigenvalue weighted by Gasteiger charge is 2.31. The summed E-state index contributed by atoms with van der Waals surface area (Å²) in [6, 6.07) is 10.2. The first-order valence-electron chi connectivity index (χ1n) is 13.2. The van der Waals surface area contributed by atoms with Crippen molar-refractivity contribution in [2.45, 2.75) is 46.1 Å². The molecule has 0 spiro atoms. The number of hydrogen-bond acceptors (Lipinski definition) is 8. The predicted octanol–water partition coefficient (Wildman–Crippen LogP) is 3.98. The molecule has 3 heterocycles. The van der Waals surface area contributed by atoms with Crippen LogP contribution in [0.25, 0.3) is 0 Å². The van der Waals surface area contributed by atoms with Crippen LogP contribution in [0.1, 0.15) is 70.9 Å². The van der Waals surface area contributed by atoms with Gasteiger partial charge in [-0.3, -0.25) is 19.8 Å². The number of Topliss-reactive ketones (excluding diaryl/α,β-unsaturated/α-hetero) is 1. The molecule has 214 valence electrons. The first-order chi connectivity index (χ1) is 19.4. The van der Waals surface area contributed by atoms with E-state index in [0.717, 1.165) is 5.56 Å². The number of amidine groups is 1. The van der Waals surface area contributed by atoms with Crippen LogP contribution in [0.4, 0.5) is 0 Å². The lowest BCUT2D eigenvalue weighted by molar-refractivity contribution is -0.136. The Kier molecular flexibility index (Phi) is 8.36. The first-order valence-corrected chi connectivity index (χ1v) is 13.2. The van der Waals surface area contributed by atoms with E-state index in [9.17, 15) is 14.4 Å². The van der Waals surface area contributed by atoms with E-state index in [1.54, 1.807) is 41.3 Å². The van der Waals surface area contributed by atoms with E-state index < -0.39 is 11.9 Å². The number of ketones is 1. The van der Waals surface area contributed by atoms with Crippen molar-refractivity contribution in [2.75, 3.05) is 20.2 Å². The number of carbonyl (C=O) groups excluding carboxylic acids is 2. The molecule has 1 aliphatic rings. The summed E-state index contributed by atoms with van der Waals surface area (Å²) in [6.45, 7) is 8.42. The fraction of sp³-hybridized carbons (Fsp3) is 0.333. The lowest BCUT2D eigenvalue weighted by Gasteiger charge is -2.24. The van der Waals surface area contributed by atoms with Crippen LogP contribution in [0.2, 0.25) is 0 Å². The van der Waals surface area contributed by atoms with Crippen molar-refractivity contribution in [1.29, 1.82) is 5.41 Å². The van der Waals surface area contributed by atoms with Crippen LogP contribution in [-0.4, -0.2) is 63.7 Å². The third kappa shape index (κ3) is 6.51. The van der Waals surface area contributed by atoms with E-state index >= 15 is 0 Å². The third-order valence-electron chi connectivity index (χ3n) is 6.52. The van der Waals surface area contributed by atoms with Gasteiger partial charge in [-0.2, -0.15) is 0 Å². The number of carboxylic acid groups (broad SMARTS) is 1. The Labute approximate surface area is 238 Å². The van der Waals surface area contributed by atoms with E-state index in [1.807, 2.05) is 27.7 Å². The van der Waals surface area contributed by atoms with Crippen LogP contribution in [0.15, 0.2) is 42.6 Å². The van der Waals surface area contributed by atoms with E-state index in [1.165, 1.54) is 13.2 Å². The maximum absolute atomic E-state index is 13.4. The SMILES string of the molecule is CCOc1cc2c(nc1C(=O)NC)C(=N)N(CC(=O)c1ccc(Oc3ccc(CC(=O)O)cn3)c(C(C)(C)C)c1)C2. The number of hydrogen-bond donors (Lipinski definition) is 3. The van der Waals surface area contributed by atoms with Crippen molar-refractivity contribution < 1.29 is 29.0 Å². The number of fused-ring (bicyclic) bond motifs is 1. The number of rotatable bonds is 10. The molecule has 0 radical (unpaired) electrons. The highest BCUT2D eigenvalue weighted by atomic mass is 16.5. The number of nitrogens with zero attached hydrogens (tertiary/aromatic N) is 3. The van der Waals surface area contributed by atoms with Crippen molar-refractivity contribution in [2.24, 2.45) is 0 Å². The highest BCUT2D eigenvalue weighted by molar-refractivity contribution is 6.05. The predicted molar refractivity (Wildman–Crippen MR) is 151 cm³/mol. The second kappa shape index (κ2) is 11.7. The second-order valence-electron chi connectivity index (χ2n) is 10.6. The summed E-state index contributed by atoms with van der Waals surface area (Å²) in [4.78, 5) is 46.9. The van der Waals surface area contributed by atoms with Crippen molar-refractivity contribution in [3.8, 4) is 17.4 Å². The van der Waals surface area contributed by atoms with Crippen LogP contribution < -0.4 is 14.8 Å². The van der Waals surface area contributed by atoms with Gasteiger partial charge < -0.3 is 24.8 Å². The lowest BCUT2D eigenvalue weighted by atomic mass is 9.85. The normalized spacial score (nSPS) is 12.6. The minimum absolute atomic E-state index is 0.0507. The van der Waals surface area contributed by atoms with Gasteiger partial charge in [0.05, 0.1) is 19.6 Å². The number of amides is 1. The van der Waals surface area contributed by atoms with Crippen molar-refractivity contribution >= 4 is 23.5 Å². The molecule has 2 aromatic heterocycles. The molecule has 41 heavy (non-hydrogen) atoms. The largest absolute Gasteiger partial charge is 0.491 e. The van der Waals surface area contributed by atoms with Crippen LogP contribution >= 0.6 is 0 Å². The summed E-state index contributed by atoms with van der Waals surface area (Å²) in [5.74, 6) is -0.304. The Bertz CT molecular complexity index is 1510. The van der Waals surface area contributed by atoms with E-state index in [-0.39, 0.29) is 42.2 Å². The van der Waals surface area contributed by atoms with Gasteiger partial charge in [-0.25, -0.2) is 9.97 Å². The fourth-order valence-corrected chi connectivity index (χ4v) is 4.48. The molecule has 0 bridgehead atoms. The standard InChI is InChI=1S/C30H33N5O6/c1-6-40-23-13-19-15-35(28(31)26(19)34-27(23)29(39)32-5)16-21(36)18-8-9-22(20(12-18)30(2,3)4)41-24-10-7-17(14-33-24)11-25(37)38/h7-10,12-14,31H,6,11,15-16H2,1-5H3,(H,32,39)(H,37,38). The topological polar surface area (TPSA) is 155 Å². The summed E-state index contributed by atoms with van der Waals surface area (Å²) in [7, 11) is 1.50. The van der Waals surface area contributed by atoms with Crippen molar-refractivity contribution in [1.82, 2.24) is 20.2 Å². The zero-order chi connectivity index (χ0) is 29.9. The summed E-state index contributed by atoms with van der Waals surface area (Å²) >= 11 is 0. The number of aromatic nitrogens is 2. The van der Waals surface area contributed by atoms with Gasteiger partial charge in [-0.1, -0.05) is 26.8 Å². The van der Waals surface area contributed by atoms with Crippen molar-refractivity contribution in [3.05, 3.63) is 76.2 Å². The Morgan fingerprint density at radius 3 is 2.49 bits per heavy atom. The van der Waals surface area contributed by atoms with Gasteiger partial charge in [0, 0.05) is 42.5 Å². The second-order valence-corrected chi connectivity index (χ2v) is 10.6.